The number of hydrogen-bond acceptors (Lipinski definition) is 3. The SMILES string of the molecule is O=C(O)[C@H]1CCCC[C@@H]1c1ccc(CN(C(=O)Oc2ccccc2)C2CC2)cc1. The summed E-state index contributed by atoms with van der Waals surface area (Å²) >= 11 is 0. The maximum Gasteiger partial charge on any atom is 0.415 e. The van der Waals surface area contributed by atoms with E-state index in [0.29, 0.717) is 12.3 Å². The van der Waals surface area contributed by atoms with Gasteiger partial charge in [-0.25, -0.2) is 4.79 Å². The highest BCUT2D eigenvalue weighted by molar-refractivity contribution is 5.72. The summed E-state index contributed by atoms with van der Waals surface area (Å²) < 4.78 is 5.53. The molecule has 0 unspecified atom stereocenters. The Labute approximate surface area is 171 Å². The molecule has 0 radical (unpaired) electrons. The Morgan fingerprint density at radius 1 is 0.931 bits per heavy atom. The predicted octanol–water partition coefficient (Wildman–Crippen LogP) is 5.21. The Bertz CT molecular complexity index is 845. The van der Waals surface area contributed by atoms with Crippen LogP contribution >= 0.6 is 0 Å². The summed E-state index contributed by atoms with van der Waals surface area (Å²) in [6.07, 6.45) is 5.44. The van der Waals surface area contributed by atoms with Crippen LogP contribution in [0, 0.1) is 5.92 Å². The monoisotopic (exact) mass is 393 g/mol. The molecule has 0 aromatic heterocycles. The van der Waals surface area contributed by atoms with Crippen molar-refractivity contribution >= 4 is 12.1 Å². The minimum absolute atomic E-state index is 0.0814. The van der Waals surface area contributed by atoms with Crippen LogP contribution in [0.1, 0.15) is 55.6 Å². The molecular formula is C24H27NO4. The number of aliphatic carboxylic acids is 1. The smallest absolute Gasteiger partial charge is 0.415 e. The van der Waals surface area contributed by atoms with Crippen molar-refractivity contribution in [2.45, 2.75) is 57.0 Å². The molecule has 0 bridgehead atoms. The van der Waals surface area contributed by atoms with Gasteiger partial charge in [-0.05, 0) is 54.9 Å². The summed E-state index contributed by atoms with van der Waals surface area (Å²) in [6, 6.07) is 17.5. The van der Waals surface area contributed by atoms with E-state index in [1.165, 1.54) is 0 Å². The second-order valence-corrected chi connectivity index (χ2v) is 8.12. The molecule has 5 nitrogen and oxygen atoms in total. The second kappa shape index (κ2) is 8.68. The van der Waals surface area contributed by atoms with Crippen molar-refractivity contribution in [3.63, 3.8) is 0 Å². The first-order valence-corrected chi connectivity index (χ1v) is 10.5. The van der Waals surface area contributed by atoms with Crippen LogP contribution in [0.25, 0.3) is 0 Å². The fraction of sp³-hybridized carbons (Fsp3) is 0.417. The third kappa shape index (κ3) is 4.78. The Morgan fingerprint density at radius 2 is 1.62 bits per heavy atom. The van der Waals surface area contributed by atoms with Gasteiger partial charge >= 0.3 is 12.1 Å². The van der Waals surface area contributed by atoms with Crippen LogP contribution in [0.3, 0.4) is 0 Å². The van der Waals surface area contributed by atoms with Crippen LogP contribution in [0.15, 0.2) is 54.6 Å². The molecule has 2 aliphatic rings. The van der Waals surface area contributed by atoms with Crippen molar-refractivity contribution in [3.05, 3.63) is 65.7 Å². The summed E-state index contributed by atoms with van der Waals surface area (Å²) in [5.74, 6) is -0.353. The van der Waals surface area contributed by atoms with Crippen LogP contribution in [-0.2, 0) is 11.3 Å². The van der Waals surface area contributed by atoms with Crippen molar-refractivity contribution in [3.8, 4) is 5.75 Å². The van der Waals surface area contributed by atoms with Crippen LogP contribution in [0.2, 0.25) is 0 Å². The van der Waals surface area contributed by atoms with Gasteiger partial charge in [0.15, 0.2) is 0 Å². The van der Waals surface area contributed by atoms with Crippen molar-refractivity contribution in [1.29, 1.82) is 0 Å². The van der Waals surface area contributed by atoms with Gasteiger partial charge in [0, 0.05) is 12.6 Å². The first-order chi connectivity index (χ1) is 14.1. The van der Waals surface area contributed by atoms with Crippen LogP contribution in [-0.4, -0.2) is 28.1 Å². The van der Waals surface area contributed by atoms with Crippen molar-refractivity contribution in [1.82, 2.24) is 4.90 Å². The van der Waals surface area contributed by atoms with Gasteiger partial charge in [-0.1, -0.05) is 55.3 Å². The molecule has 0 spiro atoms. The maximum absolute atomic E-state index is 12.7. The van der Waals surface area contributed by atoms with Gasteiger partial charge in [-0.2, -0.15) is 0 Å². The van der Waals surface area contributed by atoms with Gasteiger partial charge in [0.05, 0.1) is 5.92 Å². The van der Waals surface area contributed by atoms with Crippen LogP contribution in [0.4, 0.5) is 4.79 Å². The van der Waals surface area contributed by atoms with E-state index in [1.54, 1.807) is 17.0 Å². The standard InChI is InChI=1S/C24H27NO4/c26-23(27)22-9-5-4-8-21(22)18-12-10-17(11-13-18)16-25(19-14-15-19)24(28)29-20-6-2-1-3-7-20/h1-3,6-7,10-13,19,21-22H,4-5,8-9,14-16H2,(H,26,27)/t21-,22+/m1/s1. The zero-order valence-corrected chi connectivity index (χ0v) is 16.5. The van der Waals surface area contributed by atoms with E-state index in [0.717, 1.165) is 49.7 Å². The lowest BCUT2D eigenvalue weighted by Gasteiger charge is -2.29. The van der Waals surface area contributed by atoms with Gasteiger partial charge in [0.25, 0.3) is 0 Å². The molecule has 0 saturated heterocycles. The number of ether oxygens (including phenoxy) is 1. The van der Waals surface area contributed by atoms with Gasteiger partial charge in [-0.3, -0.25) is 4.79 Å². The number of benzene rings is 2. The Kier molecular flexibility index (Phi) is 5.84. The van der Waals surface area contributed by atoms with Crippen LogP contribution < -0.4 is 4.74 Å². The second-order valence-electron chi connectivity index (χ2n) is 8.12. The van der Waals surface area contributed by atoms with E-state index >= 15 is 0 Å². The number of para-hydroxylation sites is 1. The molecule has 2 atom stereocenters. The average molecular weight is 393 g/mol. The Balaban J connectivity index is 1.44. The first kappa shape index (κ1) is 19.5. The Morgan fingerprint density at radius 3 is 2.28 bits per heavy atom. The number of hydrogen-bond donors (Lipinski definition) is 1. The molecule has 152 valence electrons. The normalized spacial score (nSPS) is 21.4. The molecular weight excluding hydrogens is 366 g/mol. The molecule has 0 aliphatic heterocycles. The van der Waals surface area contributed by atoms with E-state index in [1.807, 2.05) is 42.5 Å². The van der Waals surface area contributed by atoms with Crippen molar-refractivity contribution in [2.24, 2.45) is 5.92 Å². The lowest BCUT2D eigenvalue weighted by atomic mass is 9.75. The molecule has 29 heavy (non-hydrogen) atoms. The number of amides is 1. The minimum Gasteiger partial charge on any atom is -0.481 e. The lowest BCUT2D eigenvalue weighted by molar-refractivity contribution is -0.143. The summed E-state index contributed by atoms with van der Waals surface area (Å²) in [5.41, 5.74) is 2.12. The van der Waals surface area contributed by atoms with Crippen molar-refractivity contribution < 1.29 is 19.4 Å². The predicted molar refractivity (Wildman–Crippen MR) is 110 cm³/mol. The molecule has 2 aliphatic carbocycles. The summed E-state index contributed by atoms with van der Waals surface area (Å²) in [6.45, 7) is 0.504. The van der Waals surface area contributed by atoms with E-state index in [4.69, 9.17) is 4.74 Å². The number of carboxylic acid groups (broad SMARTS) is 1. The number of carbonyl (C=O) groups excluding carboxylic acids is 1. The fourth-order valence-corrected chi connectivity index (χ4v) is 4.27. The molecule has 5 heteroatoms. The number of carbonyl (C=O) groups is 2. The fourth-order valence-electron chi connectivity index (χ4n) is 4.27. The third-order valence-corrected chi connectivity index (χ3v) is 6.01. The zero-order chi connectivity index (χ0) is 20.2. The lowest BCUT2D eigenvalue weighted by Crippen LogP contribution is -2.35. The van der Waals surface area contributed by atoms with Gasteiger partial charge < -0.3 is 14.7 Å². The summed E-state index contributed by atoms with van der Waals surface area (Å²) in [7, 11) is 0. The summed E-state index contributed by atoms with van der Waals surface area (Å²) in [4.78, 5) is 26.1. The first-order valence-electron chi connectivity index (χ1n) is 10.5. The summed E-state index contributed by atoms with van der Waals surface area (Å²) in [5, 5.41) is 9.54. The molecule has 1 N–H and O–H groups in total. The Hall–Kier alpha value is -2.82. The molecule has 2 aromatic carbocycles. The third-order valence-electron chi connectivity index (χ3n) is 6.01. The average Bonchev–Trinajstić information content (AvgIpc) is 3.58. The number of nitrogens with zero attached hydrogens (tertiary/aromatic N) is 1. The van der Waals surface area contributed by atoms with Gasteiger partial charge in [0.1, 0.15) is 5.75 Å². The molecule has 1 amide bonds. The highest BCUT2D eigenvalue weighted by Gasteiger charge is 2.34. The quantitative estimate of drug-likeness (QED) is 0.732. The van der Waals surface area contributed by atoms with Gasteiger partial charge in [0.2, 0.25) is 0 Å². The van der Waals surface area contributed by atoms with E-state index in [9.17, 15) is 14.7 Å². The number of carboxylic acids is 1. The van der Waals surface area contributed by atoms with E-state index in [2.05, 4.69) is 0 Å². The maximum atomic E-state index is 12.7. The highest BCUT2D eigenvalue weighted by atomic mass is 16.6. The largest absolute Gasteiger partial charge is 0.481 e. The van der Waals surface area contributed by atoms with E-state index in [-0.39, 0.29) is 24.0 Å². The minimum atomic E-state index is -0.692. The molecule has 2 fully saturated rings. The highest BCUT2D eigenvalue weighted by Crippen LogP contribution is 2.38. The topological polar surface area (TPSA) is 66.8 Å². The van der Waals surface area contributed by atoms with Crippen molar-refractivity contribution in [2.75, 3.05) is 0 Å². The molecule has 2 saturated carbocycles. The molecule has 0 heterocycles. The molecule has 2 aromatic rings. The zero-order valence-electron chi connectivity index (χ0n) is 16.5. The number of rotatable bonds is 6. The van der Waals surface area contributed by atoms with E-state index < -0.39 is 5.97 Å². The molecule has 4 rings (SSSR count). The van der Waals surface area contributed by atoms with Crippen LogP contribution in [0.5, 0.6) is 5.75 Å². The van der Waals surface area contributed by atoms with Gasteiger partial charge in [-0.15, -0.1) is 0 Å².